The van der Waals surface area contributed by atoms with Crippen molar-refractivity contribution in [1.29, 1.82) is 0 Å². The maximum Gasteiger partial charge on any atom is 0.227 e. The standard InChI is InChI=1S/C9H14N2O/c12-9-8-3-7-4-10(6-8)1-2-11(9)5-7/h7-8H,1-6H2. The van der Waals surface area contributed by atoms with Gasteiger partial charge < -0.3 is 9.80 Å². The van der Waals surface area contributed by atoms with Gasteiger partial charge in [0.25, 0.3) is 0 Å². The van der Waals surface area contributed by atoms with E-state index in [1.54, 1.807) is 0 Å². The first-order valence-electron chi connectivity index (χ1n) is 4.84. The number of fused-ring (bicyclic) bond motifs is 1. The Morgan fingerprint density at radius 1 is 1.17 bits per heavy atom. The number of hydrogen-bond acceptors (Lipinski definition) is 2. The van der Waals surface area contributed by atoms with Gasteiger partial charge >= 0.3 is 0 Å². The zero-order valence-electron chi connectivity index (χ0n) is 7.20. The molecule has 12 heavy (non-hydrogen) atoms. The van der Waals surface area contributed by atoms with E-state index in [0.717, 1.165) is 38.5 Å². The van der Waals surface area contributed by atoms with Gasteiger partial charge in [-0.1, -0.05) is 0 Å². The molecule has 4 aliphatic rings. The smallest absolute Gasteiger partial charge is 0.227 e. The second kappa shape index (κ2) is 2.22. The van der Waals surface area contributed by atoms with Gasteiger partial charge in [-0.25, -0.2) is 0 Å². The number of piperidine rings is 2. The maximum atomic E-state index is 11.7. The summed E-state index contributed by atoms with van der Waals surface area (Å²) in [5.74, 6) is 1.55. The molecule has 0 aromatic rings. The molecule has 66 valence electrons. The monoisotopic (exact) mass is 166 g/mol. The highest BCUT2D eigenvalue weighted by Crippen LogP contribution is 2.31. The Morgan fingerprint density at radius 2 is 2.08 bits per heavy atom. The molecule has 4 bridgehead atoms. The lowest BCUT2D eigenvalue weighted by Gasteiger charge is -2.39. The van der Waals surface area contributed by atoms with Gasteiger partial charge in [-0.15, -0.1) is 0 Å². The van der Waals surface area contributed by atoms with Gasteiger partial charge in [0, 0.05) is 32.7 Å². The fourth-order valence-electron chi connectivity index (χ4n) is 2.92. The van der Waals surface area contributed by atoms with Crippen molar-refractivity contribution in [1.82, 2.24) is 9.80 Å². The molecule has 3 heteroatoms. The van der Waals surface area contributed by atoms with Gasteiger partial charge in [-0.2, -0.15) is 0 Å². The minimum atomic E-state index is 0.347. The minimum Gasteiger partial charge on any atom is -0.341 e. The molecule has 4 saturated heterocycles. The zero-order valence-corrected chi connectivity index (χ0v) is 7.20. The van der Waals surface area contributed by atoms with Crippen LogP contribution in [0.25, 0.3) is 0 Å². The third kappa shape index (κ3) is 0.829. The topological polar surface area (TPSA) is 23.6 Å². The van der Waals surface area contributed by atoms with E-state index in [4.69, 9.17) is 0 Å². The highest BCUT2D eigenvalue weighted by molar-refractivity contribution is 5.80. The van der Waals surface area contributed by atoms with E-state index >= 15 is 0 Å². The van der Waals surface area contributed by atoms with Crippen molar-refractivity contribution in [2.75, 3.05) is 32.7 Å². The van der Waals surface area contributed by atoms with E-state index in [1.165, 1.54) is 6.54 Å². The SMILES string of the molecule is O=C1C2CC3CN(CCN1C3)C2. The quantitative estimate of drug-likeness (QED) is 0.497. The van der Waals surface area contributed by atoms with Crippen LogP contribution in [0.15, 0.2) is 0 Å². The lowest BCUT2D eigenvalue weighted by Crippen LogP contribution is -2.50. The first kappa shape index (κ1) is 6.89. The van der Waals surface area contributed by atoms with Crippen molar-refractivity contribution in [3.05, 3.63) is 0 Å². The van der Waals surface area contributed by atoms with Gasteiger partial charge in [0.2, 0.25) is 5.91 Å². The molecule has 4 fully saturated rings. The van der Waals surface area contributed by atoms with Crippen molar-refractivity contribution < 1.29 is 4.79 Å². The van der Waals surface area contributed by atoms with Gasteiger partial charge in [-0.05, 0) is 12.3 Å². The van der Waals surface area contributed by atoms with Crippen molar-refractivity contribution in [2.24, 2.45) is 11.8 Å². The van der Waals surface area contributed by atoms with Crippen molar-refractivity contribution >= 4 is 5.91 Å². The zero-order chi connectivity index (χ0) is 8.13. The Hall–Kier alpha value is -0.570. The molecule has 0 aromatic carbocycles. The molecule has 4 rings (SSSR count). The van der Waals surface area contributed by atoms with E-state index < -0.39 is 0 Å². The van der Waals surface area contributed by atoms with Crippen molar-refractivity contribution in [2.45, 2.75) is 6.42 Å². The first-order chi connectivity index (χ1) is 5.83. The molecule has 0 spiro atoms. The molecule has 1 amide bonds. The van der Waals surface area contributed by atoms with E-state index in [1.807, 2.05) is 0 Å². The molecule has 0 N–H and O–H groups in total. The molecular formula is C9H14N2O. The summed E-state index contributed by atoms with van der Waals surface area (Å²) in [5, 5.41) is 0. The summed E-state index contributed by atoms with van der Waals surface area (Å²) in [6.45, 7) is 5.39. The predicted octanol–water partition coefficient (Wildman–Crippen LogP) is -0.220. The van der Waals surface area contributed by atoms with Crippen LogP contribution in [-0.4, -0.2) is 48.4 Å². The molecule has 0 aliphatic carbocycles. The number of hydrogen-bond donors (Lipinski definition) is 0. The number of amides is 1. The summed E-state index contributed by atoms with van der Waals surface area (Å²) >= 11 is 0. The normalized spacial score (nSPS) is 45.2. The Bertz CT molecular complexity index is 219. The van der Waals surface area contributed by atoms with Gasteiger partial charge in [0.05, 0.1) is 5.92 Å². The Balaban J connectivity index is 1.97. The summed E-state index contributed by atoms with van der Waals surface area (Å²) < 4.78 is 0. The molecule has 0 saturated carbocycles. The largest absolute Gasteiger partial charge is 0.341 e. The van der Waals surface area contributed by atoms with Crippen LogP contribution < -0.4 is 0 Å². The van der Waals surface area contributed by atoms with Gasteiger partial charge in [0.15, 0.2) is 0 Å². The van der Waals surface area contributed by atoms with Crippen molar-refractivity contribution in [3.63, 3.8) is 0 Å². The number of carbonyl (C=O) groups is 1. The van der Waals surface area contributed by atoms with Crippen LogP contribution in [-0.2, 0) is 4.79 Å². The van der Waals surface area contributed by atoms with E-state index in [2.05, 4.69) is 9.80 Å². The molecule has 0 aromatic heterocycles. The lowest BCUT2D eigenvalue weighted by atomic mass is 9.85. The Morgan fingerprint density at radius 3 is 3.00 bits per heavy atom. The Kier molecular flexibility index (Phi) is 1.28. The highest BCUT2D eigenvalue weighted by Gasteiger charge is 2.42. The van der Waals surface area contributed by atoms with E-state index in [-0.39, 0.29) is 0 Å². The summed E-state index contributed by atoms with van der Waals surface area (Å²) in [6, 6.07) is 0. The lowest BCUT2D eigenvalue weighted by molar-refractivity contribution is -0.140. The van der Waals surface area contributed by atoms with Crippen molar-refractivity contribution in [3.8, 4) is 0 Å². The highest BCUT2D eigenvalue weighted by atomic mass is 16.2. The maximum absolute atomic E-state index is 11.7. The fraction of sp³-hybridized carbons (Fsp3) is 0.889. The molecule has 3 nitrogen and oxygen atoms in total. The summed E-state index contributed by atoms with van der Waals surface area (Å²) in [7, 11) is 0. The van der Waals surface area contributed by atoms with E-state index in [0.29, 0.717) is 11.8 Å². The third-order valence-corrected chi connectivity index (χ3v) is 3.44. The molecule has 3 unspecified atom stereocenters. The molecule has 4 heterocycles. The summed E-state index contributed by atoms with van der Waals surface area (Å²) in [6.07, 6.45) is 1.16. The van der Waals surface area contributed by atoms with Crippen LogP contribution in [0.5, 0.6) is 0 Å². The van der Waals surface area contributed by atoms with Gasteiger partial charge in [0.1, 0.15) is 0 Å². The number of rotatable bonds is 0. The van der Waals surface area contributed by atoms with Crippen LogP contribution in [0.4, 0.5) is 0 Å². The fourth-order valence-corrected chi connectivity index (χ4v) is 2.92. The molecule has 0 radical (unpaired) electrons. The second-order valence-electron chi connectivity index (χ2n) is 4.34. The predicted molar refractivity (Wildman–Crippen MR) is 44.6 cm³/mol. The second-order valence-corrected chi connectivity index (χ2v) is 4.34. The van der Waals surface area contributed by atoms with Crippen LogP contribution in [0.1, 0.15) is 6.42 Å². The molecular weight excluding hydrogens is 152 g/mol. The average molecular weight is 166 g/mol. The van der Waals surface area contributed by atoms with Crippen LogP contribution in [0.2, 0.25) is 0 Å². The summed E-state index contributed by atoms with van der Waals surface area (Å²) in [5.41, 5.74) is 0. The van der Waals surface area contributed by atoms with Crippen LogP contribution in [0, 0.1) is 11.8 Å². The molecule has 4 aliphatic heterocycles. The first-order valence-corrected chi connectivity index (χ1v) is 4.84. The number of nitrogens with zero attached hydrogens (tertiary/aromatic N) is 2. The average Bonchev–Trinajstić information content (AvgIpc) is 2.27. The van der Waals surface area contributed by atoms with Crippen LogP contribution in [0.3, 0.4) is 0 Å². The number of carbonyl (C=O) groups excluding carboxylic acids is 1. The third-order valence-electron chi connectivity index (χ3n) is 3.44. The van der Waals surface area contributed by atoms with E-state index in [9.17, 15) is 4.79 Å². The Labute approximate surface area is 72.3 Å². The van der Waals surface area contributed by atoms with Gasteiger partial charge in [-0.3, -0.25) is 4.79 Å². The summed E-state index contributed by atoms with van der Waals surface area (Å²) in [4.78, 5) is 16.2. The van der Waals surface area contributed by atoms with Crippen LogP contribution >= 0.6 is 0 Å². The molecule has 3 atom stereocenters. The minimum absolute atomic E-state index is 0.347.